The Morgan fingerprint density at radius 3 is 0.833 bits per heavy atom. The van der Waals surface area contributed by atoms with Gasteiger partial charge in [-0.05, 0) is 0 Å². The molecule has 0 aromatic heterocycles. The van der Waals surface area contributed by atoms with E-state index in [2.05, 4.69) is 0 Å². The zero-order valence-electron chi connectivity index (χ0n) is 2.39. The van der Waals surface area contributed by atoms with Crippen molar-refractivity contribution < 1.29 is 41.3 Å². The summed E-state index contributed by atoms with van der Waals surface area (Å²) < 4.78 is 34.0. The molecule has 0 saturated carbocycles. The number of hydrogen-bond donors (Lipinski definition) is 0. The van der Waals surface area contributed by atoms with E-state index in [4.69, 9.17) is 18.6 Å². The highest BCUT2D eigenvalue weighted by Gasteiger charge is 1.84. The maximum Gasteiger partial charge on any atom is 1.00 e. The number of rotatable bonds is 0. The summed E-state index contributed by atoms with van der Waals surface area (Å²) in [5.41, 5.74) is 0. The molecule has 0 rings (SSSR count). The molecule has 0 aliphatic heterocycles. The van der Waals surface area contributed by atoms with Crippen molar-refractivity contribution in [3.05, 3.63) is 0 Å². The lowest BCUT2D eigenvalue weighted by atomic mass is 15.8. The highest BCUT2D eigenvalue weighted by molar-refractivity contribution is 2.00. The fourth-order valence-electron chi connectivity index (χ4n) is 0. The Hall–Kier alpha value is 0.420. The SMILES string of the molecule is [Cl+].[O-][Cl+3]([O-])([O-])[O-]. The molecule has 0 N–H and O–H groups in total. The van der Waals surface area contributed by atoms with Crippen LogP contribution in [0.25, 0.3) is 0 Å². The van der Waals surface area contributed by atoms with Gasteiger partial charge in [-0.3, -0.25) is 0 Å². The zero-order valence-corrected chi connectivity index (χ0v) is 3.90. The van der Waals surface area contributed by atoms with Crippen LogP contribution < -0.4 is 18.6 Å². The minimum atomic E-state index is -4.94. The monoisotopic (exact) mass is 134 g/mol. The summed E-state index contributed by atoms with van der Waals surface area (Å²) in [7, 11) is -4.94. The van der Waals surface area contributed by atoms with Crippen LogP contribution in [0, 0.1) is 22.7 Å². The number of halogens is 2. The van der Waals surface area contributed by atoms with Crippen LogP contribution >= 0.6 is 0 Å². The maximum atomic E-state index is 8.49. The third-order valence-electron chi connectivity index (χ3n) is 0. The minimum absolute atomic E-state index is 0. The average molecular weight is 135 g/mol. The fraction of sp³-hybridized carbons (Fsp3) is 0. The smallest absolute Gasteiger partial charge is 0.222 e. The van der Waals surface area contributed by atoms with Crippen LogP contribution in [0.2, 0.25) is 0 Å². The molecule has 0 spiro atoms. The molecule has 0 fully saturated rings. The van der Waals surface area contributed by atoms with Crippen molar-refractivity contribution in [3.8, 4) is 0 Å². The van der Waals surface area contributed by atoms with E-state index in [1.54, 1.807) is 0 Å². The van der Waals surface area contributed by atoms with Gasteiger partial charge in [0.25, 0.3) is 0 Å². The van der Waals surface area contributed by atoms with E-state index < -0.39 is 10.2 Å². The Morgan fingerprint density at radius 1 is 0.833 bits per heavy atom. The topological polar surface area (TPSA) is 92.2 Å². The van der Waals surface area contributed by atoms with Crippen molar-refractivity contribution >= 4 is 0 Å². The van der Waals surface area contributed by atoms with Gasteiger partial charge in [-0.15, -0.1) is 10.2 Å². The lowest BCUT2D eigenvalue weighted by molar-refractivity contribution is -2.00. The van der Waals surface area contributed by atoms with Crippen molar-refractivity contribution in [2.24, 2.45) is 0 Å². The largest absolute Gasteiger partial charge is 1.00 e. The average Bonchev–Trinajstić information content (AvgIpc) is 0.722. The molecule has 0 aliphatic carbocycles. The summed E-state index contributed by atoms with van der Waals surface area (Å²) in [5, 5.41) is 0. The summed E-state index contributed by atoms with van der Waals surface area (Å²) in [4.78, 5) is 0. The van der Waals surface area contributed by atoms with E-state index in [-0.39, 0.29) is 12.4 Å². The van der Waals surface area contributed by atoms with Crippen molar-refractivity contribution in [2.75, 3.05) is 0 Å². The summed E-state index contributed by atoms with van der Waals surface area (Å²) in [6.07, 6.45) is 0. The van der Waals surface area contributed by atoms with Crippen molar-refractivity contribution in [1.29, 1.82) is 0 Å². The van der Waals surface area contributed by atoms with Gasteiger partial charge in [0.1, 0.15) is 0 Å². The molecule has 0 bridgehead atoms. The van der Waals surface area contributed by atoms with Crippen LogP contribution in [-0.4, -0.2) is 0 Å². The van der Waals surface area contributed by atoms with Crippen LogP contribution in [0.3, 0.4) is 0 Å². The quantitative estimate of drug-likeness (QED) is 0.333. The molecule has 0 aromatic carbocycles. The van der Waals surface area contributed by atoms with Crippen molar-refractivity contribution in [1.82, 2.24) is 0 Å². The van der Waals surface area contributed by atoms with Gasteiger partial charge in [0.05, 0.1) is 0 Å². The molecule has 0 heterocycles. The third-order valence-corrected chi connectivity index (χ3v) is 0. The van der Waals surface area contributed by atoms with Crippen LogP contribution in [-0.2, 0) is 0 Å². The van der Waals surface area contributed by atoms with Gasteiger partial charge in [-0.1, -0.05) is 0 Å². The van der Waals surface area contributed by atoms with Crippen LogP contribution in [0.4, 0.5) is 0 Å². The Bertz CT molecular complexity index is 21.0. The van der Waals surface area contributed by atoms with E-state index in [1.807, 2.05) is 0 Å². The van der Waals surface area contributed by atoms with E-state index >= 15 is 0 Å². The van der Waals surface area contributed by atoms with Gasteiger partial charge < -0.3 is 0 Å². The first-order valence-electron chi connectivity index (χ1n) is 0.617. The Morgan fingerprint density at radius 2 is 0.833 bits per heavy atom. The van der Waals surface area contributed by atoms with Gasteiger partial charge in [-0.2, -0.15) is 0 Å². The lowest BCUT2D eigenvalue weighted by Crippen LogP contribution is -2.68. The zero-order chi connectivity index (χ0) is 4.50. The number of hydrogen-bond acceptors (Lipinski definition) is 4. The molecule has 0 aliphatic rings. The molecule has 0 aromatic rings. The highest BCUT2D eigenvalue weighted by Crippen LogP contribution is 1.49. The fourth-order valence-corrected chi connectivity index (χ4v) is 0. The summed E-state index contributed by atoms with van der Waals surface area (Å²) in [6, 6.07) is 0. The summed E-state index contributed by atoms with van der Waals surface area (Å²) in [6.45, 7) is 0. The van der Waals surface area contributed by atoms with E-state index in [0.29, 0.717) is 0 Å². The Balaban J connectivity index is 0. The van der Waals surface area contributed by atoms with Crippen LogP contribution in [0.15, 0.2) is 0 Å². The van der Waals surface area contributed by atoms with Gasteiger partial charge in [0.2, 0.25) is 0 Å². The molecule has 0 unspecified atom stereocenters. The first-order chi connectivity index (χ1) is 2.00. The van der Waals surface area contributed by atoms with Crippen LogP contribution in [0.1, 0.15) is 0 Å². The molecule has 6 heteroatoms. The second kappa shape index (κ2) is 2.57. The van der Waals surface area contributed by atoms with E-state index in [1.165, 1.54) is 0 Å². The van der Waals surface area contributed by atoms with Crippen LogP contribution in [0.5, 0.6) is 0 Å². The third kappa shape index (κ3) is 293. The van der Waals surface area contributed by atoms with Crippen molar-refractivity contribution in [3.63, 3.8) is 0 Å². The molecule has 38 valence electrons. The lowest BCUT2D eigenvalue weighted by Gasteiger charge is -2.17. The molecule has 0 amide bonds. The van der Waals surface area contributed by atoms with Gasteiger partial charge in [-0.25, -0.2) is 18.6 Å². The van der Waals surface area contributed by atoms with Crippen molar-refractivity contribution in [2.45, 2.75) is 0 Å². The normalized spacial score (nSPS) is 10.0. The molecular weight excluding hydrogens is 135 g/mol. The molecule has 2 radical (unpaired) electrons. The summed E-state index contributed by atoms with van der Waals surface area (Å²) >= 11 is 0. The highest BCUT2D eigenvalue weighted by atomic mass is 35.7. The second-order valence-electron chi connectivity index (χ2n) is 0.378. The Labute approximate surface area is 42.2 Å². The van der Waals surface area contributed by atoms with Gasteiger partial charge in [0.15, 0.2) is 0 Å². The predicted molar refractivity (Wildman–Crippen MR) is 0 cm³/mol. The molecule has 0 atom stereocenters. The first kappa shape index (κ1) is 9.65. The second-order valence-corrected chi connectivity index (χ2v) is 1.13. The Kier molecular flexibility index (Phi) is 4.13. The minimum Gasteiger partial charge on any atom is -0.222 e. The first-order valence-corrected chi connectivity index (χ1v) is 1.85. The van der Waals surface area contributed by atoms with Gasteiger partial charge >= 0.3 is 12.4 Å². The maximum absolute atomic E-state index is 8.49. The molecular formula is Cl2O4. The summed E-state index contributed by atoms with van der Waals surface area (Å²) in [5.74, 6) is 0. The molecule has 6 heavy (non-hydrogen) atoms. The standard InChI is InChI=1S/ClHO4.Cl/c2-1(3,4)5;/h(H,2,3,4,5);/q;+1/p-1. The van der Waals surface area contributed by atoms with E-state index in [9.17, 15) is 0 Å². The van der Waals surface area contributed by atoms with Gasteiger partial charge in [0, 0.05) is 0 Å². The molecule has 4 nitrogen and oxygen atoms in total. The predicted octanol–water partition coefficient (Wildman–Crippen LogP) is -4.76. The van der Waals surface area contributed by atoms with E-state index in [0.717, 1.165) is 0 Å². The molecule has 0 saturated heterocycles.